The number of thiophene rings is 1. The highest BCUT2D eigenvalue weighted by Crippen LogP contribution is 2.36. The summed E-state index contributed by atoms with van der Waals surface area (Å²) in [5.41, 5.74) is 2.25. The van der Waals surface area contributed by atoms with E-state index in [1.165, 1.54) is 11.1 Å². The maximum Gasteiger partial charge on any atom is 0.0335 e. The molecule has 0 unspecified atom stereocenters. The Bertz CT molecular complexity index is 492. The number of hydrogen-bond acceptors (Lipinski definition) is 1. The Hall–Kier alpha value is -0.0200. The van der Waals surface area contributed by atoms with Gasteiger partial charge in [0.1, 0.15) is 0 Å². The highest BCUT2D eigenvalue weighted by molar-refractivity contribution is 9.10. The molecule has 1 aromatic heterocycles. The van der Waals surface area contributed by atoms with E-state index >= 15 is 0 Å². The molecule has 2 rings (SSSR count). The lowest BCUT2D eigenvalue weighted by Gasteiger charge is -2.31. The van der Waals surface area contributed by atoms with Crippen molar-refractivity contribution in [2.45, 2.75) is 11.8 Å². The number of rotatable bonds is 5. The minimum absolute atomic E-state index is 0.218. The molecule has 0 aliphatic rings. The Labute approximate surface area is 130 Å². The molecule has 0 bridgehead atoms. The predicted molar refractivity (Wildman–Crippen MR) is 85.3 cm³/mol. The van der Waals surface area contributed by atoms with Crippen molar-refractivity contribution in [3.05, 3.63) is 56.7 Å². The standard InChI is InChI=1S/C14H13BrCl2S/c15-13-4-2-1-3-12(13)14(9-16,10-17)7-11-5-6-18-8-11/h1-6,8H,7,9-10H2. The van der Waals surface area contributed by atoms with Gasteiger partial charge in [-0.3, -0.25) is 0 Å². The molecule has 4 heteroatoms. The Morgan fingerprint density at radius 3 is 2.39 bits per heavy atom. The molecule has 0 aliphatic heterocycles. The van der Waals surface area contributed by atoms with Crippen molar-refractivity contribution in [1.82, 2.24) is 0 Å². The molecule has 0 aliphatic carbocycles. The summed E-state index contributed by atoms with van der Waals surface area (Å²) in [6.07, 6.45) is 0.867. The van der Waals surface area contributed by atoms with Gasteiger partial charge >= 0.3 is 0 Å². The fraction of sp³-hybridized carbons (Fsp3) is 0.286. The van der Waals surface area contributed by atoms with E-state index in [1.54, 1.807) is 11.3 Å². The molecule has 0 saturated heterocycles. The second kappa shape index (κ2) is 6.42. The van der Waals surface area contributed by atoms with Crippen LogP contribution in [-0.4, -0.2) is 11.8 Å². The highest BCUT2D eigenvalue weighted by atomic mass is 79.9. The summed E-state index contributed by atoms with van der Waals surface area (Å²) in [4.78, 5) is 0. The number of alkyl halides is 2. The summed E-state index contributed by atoms with van der Waals surface area (Å²) in [5.74, 6) is 1.02. The van der Waals surface area contributed by atoms with Gasteiger partial charge in [-0.15, -0.1) is 23.2 Å². The van der Waals surface area contributed by atoms with E-state index in [0.29, 0.717) is 11.8 Å². The van der Waals surface area contributed by atoms with Crippen molar-refractivity contribution in [2.75, 3.05) is 11.8 Å². The minimum atomic E-state index is -0.218. The third-order valence-corrected chi connectivity index (χ3v) is 5.53. The zero-order valence-corrected chi connectivity index (χ0v) is 13.6. The third kappa shape index (κ3) is 2.93. The molecule has 0 amide bonds. The molecule has 0 atom stereocenters. The molecular weight excluding hydrogens is 351 g/mol. The van der Waals surface area contributed by atoms with Gasteiger partial charge in [-0.2, -0.15) is 11.3 Å². The fourth-order valence-corrected chi connectivity index (χ4v) is 4.18. The second-order valence-electron chi connectivity index (χ2n) is 4.34. The zero-order chi connectivity index (χ0) is 13.0. The third-order valence-electron chi connectivity index (χ3n) is 3.08. The van der Waals surface area contributed by atoms with Crippen LogP contribution in [0.25, 0.3) is 0 Å². The van der Waals surface area contributed by atoms with Gasteiger partial charge in [0.05, 0.1) is 0 Å². The molecule has 96 valence electrons. The van der Waals surface area contributed by atoms with Crippen LogP contribution >= 0.6 is 50.5 Å². The van der Waals surface area contributed by atoms with Crippen LogP contribution in [0.3, 0.4) is 0 Å². The summed E-state index contributed by atoms with van der Waals surface area (Å²) in [7, 11) is 0. The van der Waals surface area contributed by atoms with E-state index in [2.05, 4.69) is 38.8 Å². The van der Waals surface area contributed by atoms with E-state index in [4.69, 9.17) is 23.2 Å². The predicted octanol–water partition coefficient (Wildman–Crippen LogP) is 5.47. The SMILES string of the molecule is ClCC(CCl)(Cc1ccsc1)c1ccccc1Br. The molecule has 1 aromatic carbocycles. The first-order valence-corrected chi connectivity index (χ1v) is 8.40. The van der Waals surface area contributed by atoms with Crippen molar-refractivity contribution < 1.29 is 0 Å². The van der Waals surface area contributed by atoms with Gasteiger partial charge in [-0.25, -0.2) is 0 Å². The first-order valence-electron chi connectivity index (χ1n) is 5.60. The van der Waals surface area contributed by atoms with Crippen molar-refractivity contribution in [2.24, 2.45) is 0 Å². The van der Waals surface area contributed by atoms with Crippen LogP contribution in [0.2, 0.25) is 0 Å². The van der Waals surface area contributed by atoms with Crippen LogP contribution in [0.15, 0.2) is 45.6 Å². The fourth-order valence-electron chi connectivity index (χ4n) is 2.04. The number of benzene rings is 1. The highest BCUT2D eigenvalue weighted by Gasteiger charge is 2.32. The van der Waals surface area contributed by atoms with Gasteiger partial charge < -0.3 is 0 Å². The molecule has 18 heavy (non-hydrogen) atoms. The molecule has 0 saturated carbocycles. The summed E-state index contributed by atoms with van der Waals surface area (Å²) in [5, 5.41) is 4.24. The topological polar surface area (TPSA) is 0 Å². The van der Waals surface area contributed by atoms with Crippen LogP contribution in [0.1, 0.15) is 11.1 Å². The quantitative estimate of drug-likeness (QED) is 0.618. The largest absolute Gasteiger partial charge is 0.152 e. The summed E-state index contributed by atoms with van der Waals surface area (Å²) < 4.78 is 1.07. The van der Waals surface area contributed by atoms with Crippen molar-refractivity contribution in [3.63, 3.8) is 0 Å². The van der Waals surface area contributed by atoms with E-state index < -0.39 is 0 Å². The lowest BCUT2D eigenvalue weighted by molar-refractivity contribution is 0.534. The summed E-state index contributed by atoms with van der Waals surface area (Å²) in [6.45, 7) is 0. The van der Waals surface area contributed by atoms with Crippen molar-refractivity contribution >= 4 is 50.5 Å². The molecule has 0 nitrogen and oxygen atoms in total. The van der Waals surface area contributed by atoms with E-state index in [1.807, 2.05) is 18.2 Å². The lowest BCUT2D eigenvalue weighted by atomic mass is 9.79. The normalized spacial score (nSPS) is 11.7. The van der Waals surface area contributed by atoms with Gasteiger partial charge in [0.2, 0.25) is 0 Å². The van der Waals surface area contributed by atoms with Crippen LogP contribution in [0.5, 0.6) is 0 Å². The van der Waals surface area contributed by atoms with Crippen LogP contribution < -0.4 is 0 Å². The monoisotopic (exact) mass is 362 g/mol. The van der Waals surface area contributed by atoms with Crippen molar-refractivity contribution in [1.29, 1.82) is 0 Å². The minimum Gasteiger partial charge on any atom is -0.152 e. The molecule has 0 fully saturated rings. The number of halogens is 3. The van der Waals surface area contributed by atoms with Crippen LogP contribution in [0.4, 0.5) is 0 Å². The first-order chi connectivity index (χ1) is 8.72. The zero-order valence-electron chi connectivity index (χ0n) is 9.70. The average molecular weight is 364 g/mol. The second-order valence-corrected chi connectivity index (χ2v) is 6.50. The van der Waals surface area contributed by atoms with Crippen molar-refractivity contribution in [3.8, 4) is 0 Å². The first kappa shape index (κ1) is 14.4. The molecular formula is C14H13BrCl2S. The molecule has 2 aromatic rings. The summed E-state index contributed by atoms with van der Waals surface area (Å²) >= 11 is 17.8. The van der Waals surface area contributed by atoms with E-state index in [9.17, 15) is 0 Å². The number of hydrogen-bond donors (Lipinski definition) is 0. The average Bonchev–Trinajstić information content (AvgIpc) is 2.90. The Morgan fingerprint density at radius 2 is 1.83 bits per heavy atom. The van der Waals surface area contributed by atoms with E-state index in [-0.39, 0.29) is 5.41 Å². The van der Waals surface area contributed by atoms with Crippen LogP contribution in [-0.2, 0) is 11.8 Å². The molecule has 1 heterocycles. The Balaban J connectivity index is 2.40. The maximum atomic E-state index is 6.25. The Kier molecular flexibility index (Phi) is 5.14. The molecule has 0 N–H and O–H groups in total. The maximum absolute atomic E-state index is 6.25. The summed E-state index contributed by atoms with van der Waals surface area (Å²) in [6, 6.07) is 10.3. The van der Waals surface area contributed by atoms with Gasteiger partial charge in [0.25, 0.3) is 0 Å². The van der Waals surface area contributed by atoms with Crippen LogP contribution in [0, 0.1) is 0 Å². The van der Waals surface area contributed by atoms with Gasteiger partial charge in [-0.1, -0.05) is 34.1 Å². The molecule has 0 radical (unpaired) electrons. The molecule has 0 spiro atoms. The van der Waals surface area contributed by atoms with Gasteiger partial charge in [0, 0.05) is 21.6 Å². The lowest BCUT2D eigenvalue weighted by Crippen LogP contribution is -2.33. The van der Waals surface area contributed by atoms with Gasteiger partial charge in [-0.05, 0) is 40.4 Å². The van der Waals surface area contributed by atoms with E-state index in [0.717, 1.165) is 10.9 Å². The Morgan fingerprint density at radius 1 is 1.11 bits per heavy atom. The van der Waals surface area contributed by atoms with Gasteiger partial charge in [0.15, 0.2) is 0 Å². The smallest absolute Gasteiger partial charge is 0.0335 e.